The topological polar surface area (TPSA) is 41.5 Å². The molecule has 6 heteroatoms. The van der Waals surface area contributed by atoms with Gasteiger partial charge in [-0.2, -0.15) is 8.78 Å². The minimum atomic E-state index is -2.87. The van der Waals surface area contributed by atoms with Gasteiger partial charge >= 0.3 is 6.61 Å². The largest absolute Gasteiger partial charge is 0.434 e. The lowest BCUT2D eigenvalue weighted by atomic mass is 10.2. The summed E-state index contributed by atoms with van der Waals surface area (Å²) in [7, 11) is 0. The molecule has 1 rings (SSSR count). The fourth-order valence-electron chi connectivity index (χ4n) is 1.25. The van der Waals surface area contributed by atoms with Gasteiger partial charge in [-0.25, -0.2) is 0 Å². The molecule has 1 aromatic rings. The molecule has 0 heterocycles. The van der Waals surface area contributed by atoms with Crippen molar-refractivity contribution in [1.29, 1.82) is 0 Å². The summed E-state index contributed by atoms with van der Waals surface area (Å²) in [6.07, 6.45) is 0. The normalized spacial score (nSPS) is 12.8. The summed E-state index contributed by atoms with van der Waals surface area (Å²) in [4.78, 5) is 0. The summed E-state index contributed by atoms with van der Waals surface area (Å²) in [5, 5.41) is 12.2. The van der Waals surface area contributed by atoms with Crippen LogP contribution in [0.4, 0.5) is 8.78 Å². The molecule has 0 aliphatic carbocycles. The first-order valence-corrected chi connectivity index (χ1v) is 5.48. The molecule has 17 heavy (non-hydrogen) atoms. The summed E-state index contributed by atoms with van der Waals surface area (Å²) < 4.78 is 28.7. The van der Waals surface area contributed by atoms with Crippen molar-refractivity contribution >= 4 is 11.6 Å². The summed E-state index contributed by atoms with van der Waals surface area (Å²) in [6.45, 7) is -0.834. The van der Waals surface area contributed by atoms with Gasteiger partial charge in [0.1, 0.15) is 5.75 Å². The van der Waals surface area contributed by atoms with E-state index >= 15 is 0 Å². The van der Waals surface area contributed by atoms with Crippen molar-refractivity contribution in [2.45, 2.75) is 26.1 Å². The number of nitrogens with one attached hydrogen (secondary N) is 1. The molecule has 0 aromatic heterocycles. The van der Waals surface area contributed by atoms with Crippen LogP contribution in [0.15, 0.2) is 18.2 Å². The van der Waals surface area contributed by atoms with Gasteiger partial charge in [-0.15, -0.1) is 0 Å². The predicted octanol–water partition coefficient (Wildman–Crippen LogP) is 2.41. The van der Waals surface area contributed by atoms with Gasteiger partial charge in [0.05, 0.1) is 6.61 Å². The zero-order valence-corrected chi connectivity index (χ0v) is 10.0. The second-order valence-electron chi connectivity index (χ2n) is 3.60. The Morgan fingerprint density at radius 3 is 2.76 bits per heavy atom. The summed E-state index contributed by atoms with van der Waals surface area (Å²) in [5.74, 6) is 0.0852. The minimum Gasteiger partial charge on any atom is -0.434 e. The fourth-order valence-corrected chi connectivity index (χ4v) is 1.44. The summed E-state index contributed by atoms with van der Waals surface area (Å²) >= 11 is 5.78. The van der Waals surface area contributed by atoms with E-state index < -0.39 is 6.61 Å². The van der Waals surface area contributed by atoms with E-state index in [1.54, 1.807) is 13.0 Å². The molecule has 1 atom stereocenters. The Bertz CT molecular complexity index is 363. The van der Waals surface area contributed by atoms with Crippen molar-refractivity contribution in [3.05, 3.63) is 28.8 Å². The third-order valence-corrected chi connectivity index (χ3v) is 2.39. The smallest absolute Gasteiger partial charge is 0.387 e. The molecule has 0 fully saturated rings. The number of alkyl halides is 2. The van der Waals surface area contributed by atoms with Gasteiger partial charge in [0.25, 0.3) is 0 Å². The van der Waals surface area contributed by atoms with Gasteiger partial charge < -0.3 is 15.2 Å². The minimum absolute atomic E-state index is 0.0361. The first-order valence-electron chi connectivity index (χ1n) is 5.10. The Labute approximate surface area is 103 Å². The summed E-state index contributed by atoms with van der Waals surface area (Å²) in [5.41, 5.74) is 0.526. The van der Waals surface area contributed by atoms with Crippen LogP contribution in [0.3, 0.4) is 0 Å². The fraction of sp³-hybridized carbons (Fsp3) is 0.455. The lowest BCUT2D eigenvalue weighted by molar-refractivity contribution is -0.0505. The highest BCUT2D eigenvalue weighted by Crippen LogP contribution is 2.24. The van der Waals surface area contributed by atoms with Gasteiger partial charge in [-0.05, 0) is 25.1 Å². The van der Waals surface area contributed by atoms with E-state index in [9.17, 15) is 8.78 Å². The molecule has 0 radical (unpaired) electrons. The molecule has 0 bridgehead atoms. The third-order valence-electron chi connectivity index (χ3n) is 2.15. The Hall–Kier alpha value is -0.910. The van der Waals surface area contributed by atoms with E-state index in [4.69, 9.17) is 16.7 Å². The zero-order chi connectivity index (χ0) is 12.8. The molecule has 0 saturated heterocycles. The van der Waals surface area contributed by atoms with Crippen LogP contribution in [0.5, 0.6) is 5.75 Å². The van der Waals surface area contributed by atoms with Gasteiger partial charge in [0.2, 0.25) is 0 Å². The van der Waals surface area contributed by atoms with Crippen molar-refractivity contribution in [1.82, 2.24) is 5.32 Å². The Kier molecular flexibility index (Phi) is 5.61. The van der Waals surface area contributed by atoms with Crippen LogP contribution in [-0.4, -0.2) is 24.4 Å². The van der Waals surface area contributed by atoms with Gasteiger partial charge in [-0.1, -0.05) is 11.6 Å². The van der Waals surface area contributed by atoms with Crippen LogP contribution in [0.2, 0.25) is 5.02 Å². The van der Waals surface area contributed by atoms with Crippen LogP contribution in [0.1, 0.15) is 12.5 Å². The average molecular weight is 266 g/mol. The lowest BCUT2D eigenvalue weighted by Crippen LogP contribution is -2.28. The van der Waals surface area contributed by atoms with Gasteiger partial charge in [-0.3, -0.25) is 0 Å². The molecule has 0 aliphatic rings. The van der Waals surface area contributed by atoms with Crippen molar-refractivity contribution in [2.24, 2.45) is 0 Å². The highest BCUT2D eigenvalue weighted by molar-refractivity contribution is 6.30. The number of halogens is 3. The molecule has 96 valence electrons. The number of aliphatic hydroxyl groups excluding tert-OH is 1. The lowest BCUT2D eigenvalue weighted by Gasteiger charge is -2.14. The SMILES string of the molecule is C[C@H](CO)NCc1cc(Cl)ccc1OC(F)F. The molecule has 3 nitrogen and oxygen atoms in total. The molecule has 1 aromatic carbocycles. The first kappa shape index (κ1) is 14.2. The van der Waals surface area contributed by atoms with Crippen molar-refractivity contribution in [2.75, 3.05) is 6.61 Å². The van der Waals surface area contributed by atoms with E-state index in [-0.39, 0.29) is 18.4 Å². The van der Waals surface area contributed by atoms with Crippen LogP contribution < -0.4 is 10.1 Å². The van der Waals surface area contributed by atoms with E-state index in [2.05, 4.69) is 10.1 Å². The van der Waals surface area contributed by atoms with E-state index in [0.717, 1.165) is 0 Å². The number of hydrogen-bond donors (Lipinski definition) is 2. The van der Waals surface area contributed by atoms with Crippen molar-refractivity contribution in [3.63, 3.8) is 0 Å². The highest BCUT2D eigenvalue weighted by Gasteiger charge is 2.10. The predicted molar refractivity (Wildman–Crippen MR) is 61.5 cm³/mol. The van der Waals surface area contributed by atoms with Gasteiger partial charge in [0.15, 0.2) is 0 Å². The van der Waals surface area contributed by atoms with Crippen LogP contribution in [0.25, 0.3) is 0 Å². The summed E-state index contributed by atoms with van der Waals surface area (Å²) in [6, 6.07) is 4.30. The first-order chi connectivity index (χ1) is 8.02. The quantitative estimate of drug-likeness (QED) is 0.830. The Morgan fingerprint density at radius 2 is 2.18 bits per heavy atom. The third kappa shape index (κ3) is 4.85. The number of ether oxygens (including phenoxy) is 1. The zero-order valence-electron chi connectivity index (χ0n) is 9.29. The van der Waals surface area contributed by atoms with E-state index in [1.165, 1.54) is 12.1 Å². The Morgan fingerprint density at radius 1 is 1.47 bits per heavy atom. The number of benzene rings is 1. The number of hydrogen-bond acceptors (Lipinski definition) is 3. The monoisotopic (exact) mass is 265 g/mol. The maximum Gasteiger partial charge on any atom is 0.387 e. The average Bonchev–Trinajstić information content (AvgIpc) is 2.28. The maximum absolute atomic E-state index is 12.2. The molecule has 0 aliphatic heterocycles. The molecule has 0 saturated carbocycles. The van der Waals surface area contributed by atoms with Crippen molar-refractivity contribution in [3.8, 4) is 5.75 Å². The van der Waals surface area contributed by atoms with Crippen LogP contribution >= 0.6 is 11.6 Å². The second-order valence-corrected chi connectivity index (χ2v) is 4.03. The Balaban J connectivity index is 2.76. The molecule has 0 unspecified atom stereocenters. The number of rotatable bonds is 6. The standard InChI is InChI=1S/C11H14ClF2NO2/c1-7(6-16)15-5-8-4-9(12)2-3-10(8)17-11(13)14/h2-4,7,11,15-16H,5-6H2,1H3/t7-/m1/s1. The van der Waals surface area contributed by atoms with E-state index in [1.807, 2.05) is 0 Å². The highest BCUT2D eigenvalue weighted by atomic mass is 35.5. The molecular weight excluding hydrogens is 252 g/mol. The molecular formula is C11H14ClF2NO2. The number of aliphatic hydroxyl groups is 1. The second kappa shape index (κ2) is 6.74. The molecule has 2 N–H and O–H groups in total. The van der Waals surface area contributed by atoms with Crippen LogP contribution in [0, 0.1) is 0 Å². The molecule has 0 spiro atoms. The van der Waals surface area contributed by atoms with E-state index in [0.29, 0.717) is 17.1 Å². The van der Waals surface area contributed by atoms with Crippen molar-refractivity contribution < 1.29 is 18.6 Å². The maximum atomic E-state index is 12.2. The van der Waals surface area contributed by atoms with Crippen LogP contribution in [-0.2, 0) is 6.54 Å². The van der Waals surface area contributed by atoms with Gasteiger partial charge in [0, 0.05) is 23.2 Å². The molecule has 0 amide bonds.